The maximum atomic E-state index is 12.6. The van der Waals surface area contributed by atoms with Gasteiger partial charge in [0.15, 0.2) is 11.5 Å². The number of hydrogen-bond acceptors (Lipinski definition) is 4. The number of ether oxygens (including phenoxy) is 2. The van der Waals surface area contributed by atoms with E-state index in [0.717, 1.165) is 31.2 Å². The molecule has 2 amide bonds. The number of rotatable bonds is 5. The number of carbonyl (C=O) groups excluding carboxylic acids is 2. The minimum absolute atomic E-state index is 0.186. The average molecular weight is 360 g/mol. The Morgan fingerprint density at radius 1 is 1.04 bits per heavy atom. The topological polar surface area (TPSA) is 76.7 Å². The van der Waals surface area contributed by atoms with E-state index in [2.05, 4.69) is 10.6 Å². The Labute approximate surface area is 154 Å². The third kappa shape index (κ3) is 4.29. The molecule has 0 bridgehead atoms. The van der Waals surface area contributed by atoms with Gasteiger partial charge >= 0.3 is 0 Å². The molecule has 2 N–H and O–H groups in total. The van der Waals surface area contributed by atoms with Crippen LogP contribution in [-0.2, 0) is 16.1 Å². The molecule has 0 radical (unpaired) electrons. The molecule has 1 aliphatic heterocycles. The van der Waals surface area contributed by atoms with Crippen LogP contribution in [0, 0.1) is 5.41 Å². The lowest BCUT2D eigenvalue weighted by atomic mass is 9.90. The standard InChI is InChI=1S/C20H28N2O4/c1-20(2,19(24)22-15-7-5-3-4-6-8-15)18(23)21-12-14-9-10-16-17(11-14)26-13-25-16/h9-11,15H,3-8,12-13H2,1-2H3,(H,21,23)(H,22,24). The van der Waals surface area contributed by atoms with E-state index >= 15 is 0 Å². The van der Waals surface area contributed by atoms with Crippen LogP contribution >= 0.6 is 0 Å². The summed E-state index contributed by atoms with van der Waals surface area (Å²) >= 11 is 0. The zero-order valence-electron chi connectivity index (χ0n) is 15.6. The Morgan fingerprint density at radius 3 is 2.46 bits per heavy atom. The van der Waals surface area contributed by atoms with Crippen molar-refractivity contribution < 1.29 is 19.1 Å². The van der Waals surface area contributed by atoms with Gasteiger partial charge in [0.05, 0.1) is 0 Å². The van der Waals surface area contributed by atoms with Gasteiger partial charge in [-0.3, -0.25) is 9.59 Å². The Kier molecular flexibility index (Phi) is 5.69. The van der Waals surface area contributed by atoms with Crippen LogP contribution in [-0.4, -0.2) is 24.6 Å². The van der Waals surface area contributed by atoms with Crippen LogP contribution in [0.4, 0.5) is 0 Å². The molecule has 142 valence electrons. The van der Waals surface area contributed by atoms with Gasteiger partial charge in [-0.1, -0.05) is 31.7 Å². The molecular formula is C20H28N2O4. The highest BCUT2D eigenvalue weighted by Crippen LogP contribution is 2.32. The van der Waals surface area contributed by atoms with Gasteiger partial charge in [-0.15, -0.1) is 0 Å². The third-order valence-corrected chi connectivity index (χ3v) is 5.22. The first-order valence-electron chi connectivity index (χ1n) is 9.44. The lowest BCUT2D eigenvalue weighted by Gasteiger charge is -2.26. The number of amides is 2. The molecule has 0 spiro atoms. The van der Waals surface area contributed by atoms with Gasteiger partial charge in [0.25, 0.3) is 0 Å². The van der Waals surface area contributed by atoms with Gasteiger partial charge in [0.2, 0.25) is 18.6 Å². The van der Waals surface area contributed by atoms with E-state index < -0.39 is 5.41 Å². The molecule has 0 aromatic heterocycles. The minimum atomic E-state index is -1.11. The van der Waals surface area contributed by atoms with E-state index in [4.69, 9.17) is 9.47 Å². The third-order valence-electron chi connectivity index (χ3n) is 5.22. The Morgan fingerprint density at radius 2 is 1.73 bits per heavy atom. The van der Waals surface area contributed by atoms with Crippen LogP contribution in [0.25, 0.3) is 0 Å². The smallest absolute Gasteiger partial charge is 0.235 e. The van der Waals surface area contributed by atoms with Crippen molar-refractivity contribution in [2.75, 3.05) is 6.79 Å². The Bertz CT molecular complexity index is 664. The summed E-state index contributed by atoms with van der Waals surface area (Å²) in [5, 5.41) is 5.94. The summed E-state index contributed by atoms with van der Waals surface area (Å²) in [6.07, 6.45) is 6.74. The lowest BCUT2D eigenvalue weighted by Crippen LogP contribution is -2.50. The summed E-state index contributed by atoms with van der Waals surface area (Å²) in [4.78, 5) is 25.2. The fraction of sp³-hybridized carbons (Fsp3) is 0.600. The van der Waals surface area contributed by atoms with Gasteiger partial charge in [0, 0.05) is 12.6 Å². The van der Waals surface area contributed by atoms with E-state index in [1.165, 1.54) is 12.8 Å². The van der Waals surface area contributed by atoms with E-state index in [-0.39, 0.29) is 24.6 Å². The van der Waals surface area contributed by atoms with Crippen LogP contribution in [0.1, 0.15) is 57.9 Å². The van der Waals surface area contributed by atoms with Crippen molar-refractivity contribution in [1.82, 2.24) is 10.6 Å². The van der Waals surface area contributed by atoms with Crippen molar-refractivity contribution in [2.45, 2.75) is 65.0 Å². The molecule has 1 aliphatic carbocycles. The summed E-state index contributed by atoms with van der Waals surface area (Å²) < 4.78 is 10.6. The predicted molar refractivity (Wildman–Crippen MR) is 97.8 cm³/mol. The largest absolute Gasteiger partial charge is 0.454 e. The quantitative estimate of drug-likeness (QED) is 0.625. The molecule has 0 saturated heterocycles. The lowest BCUT2D eigenvalue weighted by molar-refractivity contribution is -0.141. The second-order valence-electron chi connectivity index (χ2n) is 7.66. The van der Waals surface area contributed by atoms with Crippen molar-refractivity contribution in [3.8, 4) is 11.5 Å². The number of benzene rings is 1. The fourth-order valence-electron chi connectivity index (χ4n) is 3.35. The van der Waals surface area contributed by atoms with E-state index in [1.807, 2.05) is 18.2 Å². The van der Waals surface area contributed by atoms with Gasteiger partial charge in [-0.25, -0.2) is 0 Å². The highest BCUT2D eigenvalue weighted by Gasteiger charge is 2.36. The first-order valence-corrected chi connectivity index (χ1v) is 9.44. The highest BCUT2D eigenvalue weighted by molar-refractivity contribution is 6.04. The number of carbonyl (C=O) groups is 2. The Balaban J connectivity index is 1.54. The molecule has 6 nitrogen and oxygen atoms in total. The average Bonchev–Trinajstić information content (AvgIpc) is 2.94. The van der Waals surface area contributed by atoms with Crippen molar-refractivity contribution in [3.05, 3.63) is 23.8 Å². The molecule has 2 aliphatic rings. The molecule has 26 heavy (non-hydrogen) atoms. The normalized spacial score (nSPS) is 17.5. The maximum absolute atomic E-state index is 12.6. The molecule has 1 heterocycles. The van der Waals surface area contributed by atoms with Crippen molar-refractivity contribution in [3.63, 3.8) is 0 Å². The van der Waals surface area contributed by atoms with Crippen LogP contribution in [0.15, 0.2) is 18.2 Å². The van der Waals surface area contributed by atoms with Crippen LogP contribution < -0.4 is 20.1 Å². The molecular weight excluding hydrogens is 332 g/mol. The van der Waals surface area contributed by atoms with Crippen LogP contribution in [0.5, 0.6) is 11.5 Å². The Hall–Kier alpha value is -2.24. The molecule has 1 aromatic rings. The monoisotopic (exact) mass is 360 g/mol. The van der Waals surface area contributed by atoms with Gasteiger partial charge in [-0.05, 0) is 44.4 Å². The number of fused-ring (bicyclic) bond motifs is 1. The van der Waals surface area contributed by atoms with E-state index in [9.17, 15) is 9.59 Å². The highest BCUT2D eigenvalue weighted by atomic mass is 16.7. The zero-order valence-corrected chi connectivity index (χ0v) is 15.6. The SMILES string of the molecule is CC(C)(C(=O)NCc1ccc2c(c1)OCO2)C(=O)NC1CCCCCC1. The second kappa shape index (κ2) is 7.98. The number of nitrogens with one attached hydrogen (secondary N) is 2. The zero-order chi connectivity index (χ0) is 18.6. The summed E-state index contributed by atoms with van der Waals surface area (Å²) in [7, 11) is 0. The summed E-state index contributed by atoms with van der Waals surface area (Å²) in [6.45, 7) is 3.91. The summed E-state index contributed by atoms with van der Waals surface area (Å²) in [6, 6.07) is 5.74. The summed E-state index contributed by atoms with van der Waals surface area (Å²) in [5.41, 5.74) is -0.203. The van der Waals surface area contributed by atoms with Gasteiger partial charge in [-0.2, -0.15) is 0 Å². The molecule has 6 heteroatoms. The van der Waals surface area contributed by atoms with Crippen molar-refractivity contribution in [2.24, 2.45) is 5.41 Å². The van der Waals surface area contributed by atoms with Gasteiger partial charge < -0.3 is 20.1 Å². The summed E-state index contributed by atoms with van der Waals surface area (Å²) in [5.74, 6) is 0.916. The first-order chi connectivity index (χ1) is 12.5. The molecule has 0 unspecified atom stereocenters. The minimum Gasteiger partial charge on any atom is -0.454 e. The predicted octanol–water partition coefficient (Wildman–Crippen LogP) is 2.90. The van der Waals surface area contributed by atoms with Crippen LogP contribution in [0.3, 0.4) is 0 Å². The molecule has 1 aromatic carbocycles. The van der Waals surface area contributed by atoms with E-state index in [0.29, 0.717) is 18.0 Å². The van der Waals surface area contributed by atoms with Crippen molar-refractivity contribution >= 4 is 11.8 Å². The fourth-order valence-corrected chi connectivity index (χ4v) is 3.35. The van der Waals surface area contributed by atoms with Crippen LogP contribution in [0.2, 0.25) is 0 Å². The maximum Gasteiger partial charge on any atom is 0.235 e. The molecule has 1 fully saturated rings. The van der Waals surface area contributed by atoms with Gasteiger partial charge in [0.1, 0.15) is 5.41 Å². The molecule has 1 saturated carbocycles. The molecule has 3 rings (SSSR count). The molecule has 0 atom stereocenters. The second-order valence-corrected chi connectivity index (χ2v) is 7.66. The van der Waals surface area contributed by atoms with Crippen molar-refractivity contribution in [1.29, 1.82) is 0 Å². The first kappa shape index (κ1) is 18.5. The number of hydrogen-bond donors (Lipinski definition) is 2. The van der Waals surface area contributed by atoms with E-state index in [1.54, 1.807) is 13.8 Å².